The molecule has 0 saturated heterocycles. The van der Waals surface area contributed by atoms with Crippen LogP contribution in [0.1, 0.15) is 22.3 Å². The number of amides is 2. The number of pyridine rings is 2. The molecule has 0 fully saturated rings. The van der Waals surface area contributed by atoms with Gasteiger partial charge in [0.05, 0.1) is 16.8 Å². The summed E-state index contributed by atoms with van der Waals surface area (Å²) in [4.78, 5) is 32.2. The molecule has 0 spiro atoms. The van der Waals surface area contributed by atoms with Crippen molar-refractivity contribution in [1.29, 1.82) is 0 Å². The van der Waals surface area contributed by atoms with Crippen molar-refractivity contribution in [2.75, 3.05) is 7.05 Å². The van der Waals surface area contributed by atoms with Crippen molar-refractivity contribution in [2.24, 2.45) is 0 Å². The van der Waals surface area contributed by atoms with Crippen molar-refractivity contribution in [3.05, 3.63) is 84.2 Å². The number of fused-ring (bicyclic) bond motifs is 1. The molecule has 160 valence electrons. The second-order valence-corrected chi connectivity index (χ2v) is 7.34. The van der Waals surface area contributed by atoms with Crippen LogP contribution in [0.2, 0.25) is 0 Å². The van der Waals surface area contributed by atoms with Gasteiger partial charge in [-0.15, -0.1) is 0 Å². The molecule has 7 nitrogen and oxygen atoms in total. The lowest BCUT2D eigenvalue weighted by Crippen LogP contribution is -2.19. The Balaban J connectivity index is 1.59. The molecule has 2 heterocycles. The van der Waals surface area contributed by atoms with Crippen molar-refractivity contribution >= 4 is 22.7 Å². The molecule has 0 radical (unpaired) electrons. The third kappa shape index (κ3) is 4.48. The molecular weight excluding hydrogens is 404 g/mol. The van der Waals surface area contributed by atoms with Crippen molar-refractivity contribution in [3.63, 3.8) is 0 Å². The number of aromatic nitrogens is 2. The minimum Gasteiger partial charge on any atom is -0.359 e. The predicted octanol–water partition coefficient (Wildman–Crippen LogP) is 3.76. The monoisotopic (exact) mass is 426 g/mol. The maximum Gasteiger partial charge on any atom is 0.275 e. The Hall–Kier alpha value is -4.10. The SMILES string of the molecule is CNC(=O)CCc1ccc(-c2ccc(-c3cc(C(=O)NO)c4cnccc4n3)cc2)cc1. The molecule has 4 rings (SSSR count). The zero-order valence-electron chi connectivity index (χ0n) is 17.5. The number of hydrogen-bond donors (Lipinski definition) is 3. The zero-order valence-corrected chi connectivity index (χ0v) is 17.5. The molecular formula is C25H22N4O3. The van der Waals surface area contributed by atoms with Crippen LogP contribution in [0, 0.1) is 0 Å². The first kappa shape index (κ1) is 21.1. The Morgan fingerprint density at radius 2 is 1.59 bits per heavy atom. The van der Waals surface area contributed by atoms with Gasteiger partial charge in [0.1, 0.15) is 0 Å². The number of nitrogens with one attached hydrogen (secondary N) is 2. The number of hydrogen-bond acceptors (Lipinski definition) is 5. The van der Waals surface area contributed by atoms with Gasteiger partial charge in [-0.1, -0.05) is 48.5 Å². The summed E-state index contributed by atoms with van der Waals surface area (Å²) < 4.78 is 0. The molecule has 0 bridgehead atoms. The van der Waals surface area contributed by atoms with E-state index in [0.29, 0.717) is 35.0 Å². The highest BCUT2D eigenvalue weighted by atomic mass is 16.5. The number of carbonyl (C=O) groups excluding carboxylic acids is 2. The molecule has 0 aliphatic heterocycles. The molecule has 32 heavy (non-hydrogen) atoms. The fraction of sp³-hybridized carbons (Fsp3) is 0.120. The lowest BCUT2D eigenvalue weighted by atomic mass is 9.99. The van der Waals surface area contributed by atoms with E-state index in [2.05, 4.69) is 15.3 Å². The maximum absolute atomic E-state index is 12.1. The Morgan fingerprint density at radius 3 is 2.25 bits per heavy atom. The number of hydroxylamine groups is 1. The summed E-state index contributed by atoms with van der Waals surface area (Å²) in [5.41, 5.74) is 7.31. The van der Waals surface area contributed by atoms with Crippen molar-refractivity contribution < 1.29 is 14.8 Å². The van der Waals surface area contributed by atoms with E-state index in [9.17, 15) is 9.59 Å². The fourth-order valence-corrected chi connectivity index (χ4v) is 3.54. The van der Waals surface area contributed by atoms with Gasteiger partial charge < -0.3 is 5.32 Å². The van der Waals surface area contributed by atoms with E-state index in [1.165, 1.54) is 0 Å². The van der Waals surface area contributed by atoms with E-state index in [1.807, 2.05) is 48.5 Å². The van der Waals surface area contributed by atoms with Crippen LogP contribution >= 0.6 is 0 Å². The third-order valence-corrected chi connectivity index (χ3v) is 5.34. The van der Waals surface area contributed by atoms with Gasteiger partial charge in [-0.05, 0) is 35.2 Å². The van der Waals surface area contributed by atoms with Crippen molar-refractivity contribution in [3.8, 4) is 22.4 Å². The summed E-state index contributed by atoms with van der Waals surface area (Å²) in [6.07, 6.45) is 4.33. The van der Waals surface area contributed by atoms with Crippen molar-refractivity contribution in [1.82, 2.24) is 20.8 Å². The van der Waals surface area contributed by atoms with Crippen LogP contribution < -0.4 is 10.8 Å². The molecule has 2 aromatic carbocycles. The Bertz CT molecular complexity index is 1270. The van der Waals surface area contributed by atoms with E-state index in [1.54, 1.807) is 37.1 Å². The number of rotatable bonds is 6. The minimum atomic E-state index is -0.611. The molecule has 2 aromatic heterocycles. The zero-order chi connectivity index (χ0) is 22.5. The van der Waals surface area contributed by atoms with Crippen LogP contribution in [-0.4, -0.2) is 34.0 Å². The van der Waals surface area contributed by atoms with Gasteiger partial charge in [-0.25, -0.2) is 10.5 Å². The summed E-state index contributed by atoms with van der Waals surface area (Å²) in [6.45, 7) is 0. The average molecular weight is 426 g/mol. The lowest BCUT2D eigenvalue weighted by Gasteiger charge is -2.09. The number of benzene rings is 2. The van der Waals surface area contributed by atoms with Crippen LogP contribution in [0.15, 0.2) is 73.1 Å². The molecule has 3 N–H and O–H groups in total. The van der Waals surface area contributed by atoms with Gasteiger partial charge in [-0.2, -0.15) is 0 Å². The summed E-state index contributed by atoms with van der Waals surface area (Å²) in [7, 11) is 1.64. The third-order valence-electron chi connectivity index (χ3n) is 5.34. The normalized spacial score (nSPS) is 10.7. The minimum absolute atomic E-state index is 0.0304. The summed E-state index contributed by atoms with van der Waals surface area (Å²) in [6, 6.07) is 19.4. The highest BCUT2D eigenvalue weighted by Gasteiger charge is 2.14. The Morgan fingerprint density at radius 1 is 0.938 bits per heavy atom. The average Bonchev–Trinajstić information content (AvgIpc) is 2.86. The van der Waals surface area contributed by atoms with Gasteiger partial charge in [0.25, 0.3) is 5.91 Å². The number of aryl methyl sites for hydroxylation is 1. The highest BCUT2D eigenvalue weighted by Crippen LogP contribution is 2.27. The maximum atomic E-state index is 12.1. The smallest absolute Gasteiger partial charge is 0.275 e. The highest BCUT2D eigenvalue weighted by molar-refractivity contribution is 6.06. The number of carbonyl (C=O) groups is 2. The second-order valence-electron chi connectivity index (χ2n) is 7.34. The van der Waals surface area contributed by atoms with E-state index >= 15 is 0 Å². The van der Waals surface area contributed by atoms with Crippen LogP contribution in [0.3, 0.4) is 0 Å². The summed E-state index contributed by atoms with van der Waals surface area (Å²) in [5, 5.41) is 12.3. The van der Waals surface area contributed by atoms with Gasteiger partial charge in [0.15, 0.2) is 0 Å². The fourth-order valence-electron chi connectivity index (χ4n) is 3.54. The lowest BCUT2D eigenvalue weighted by molar-refractivity contribution is -0.120. The first-order valence-electron chi connectivity index (χ1n) is 10.2. The molecule has 4 aromatic rings. The molecule has 2 amide bonds. The Kier molecular flexibility index (Phi) is 6.19. The van der Waals surface area contributed by atoms with Gasteiger partial charge in [0, 0.05) is 36.8 Å². The Labute approximate surface area is 185 Å². The summed E-state index contributed by atoms with van der Waals surface area (Å²) >= 11 is 0. The quantitative estimate of drug-likeness (QED) is 0.322. The van der Waals surface area contributed by atoms with E-state index in [4.69, 9.17) is 5.21 Å². The molecule has 0 unspecified atom stereocenters. The second kappa shape index (κ2) is 9.36. The van der Waals surface area contributed by atoms with Gasteiger partial charge >= 0.3 is 0 Å². The first-order chi connectivity index (χ1) is 15.6. The van der Waals surface area contributed by atoms with Crippen LogP contribution in [-0.2, 0) is 11.2 Å². The number of nitrogens with zero attached hydrogens (tertiary/aromatic N) is 2. The molecule has 0 saturated carbocycles. The van der Waals surface area contributed by atoms with Gasteiger partial charge in [-0.3, -0.25) is 19.8 Å². The van der Waals surface area contributed by atoms with Crippen LogP contribution in [0.25, 0.3) is 33.3 Å². The van der Waals surface area contributed by atoms with Crippen molar-refractivity contribution in [2.45, 2.75) is 12.8 Å². The summed E-state index contributed by atoms with van der Waals surface area (Å²) in [5.74, 6) is -0.581. The van der Waals surface area contributed by atoms with Crippen LogP contribution in [0.5, 0.6) is 0 Å². The largest absolute Gasteiger partial charge is 0.359 e. The molecule has 7 heteroatoms. The van der Waals surface area contributed by atoms with Crippen LogP contribution in [0.4, 0.5) is 0 Å². The molecule has 0 atom stereocenters. The first-order valence-corrected chi connectivity index (χ1v) is 10.2. The van der Waals surface area contributed by atoms with E-state index in [-0.39, 0.29) is 5.91 Å². The van der Waals surface area contributed by atoms with E-state index in [0.717, 1.165) is 22.3 Å². The standard InChI is InChI=1S/C25H22N4O3/c1-26-24(30)11-4-16-2-5-17(6-3-16)18-7-9-19(10-8-18)23-14-20(25(31)29-32)21-15-27-13-12-22(21)28-23/h2-3,5-10,12-15,32H,4,11H2,1H3,(H,26,30)(H,29,31). The molecule has 0 aliphatic carbocycles. The predicted molar refractivity (Wildman–Crippen MR) is 122 cm³/mol. The van der Waals surface area contributed by atoms with Gasteiger partial charge in [0.2, 0.25) is 5.91 Å². The topological polar surface area (TPSA) is 104 Å². The van der Waals surface area contributed by atoms with E-state index < -0.39 is 5.91 Å². The molecule has 0 aliphatic rings.